The van der Waals surface area contributed by atoms with E-state index in [0.29, 0.717) is 23.0 Å². The normalized spacial score (nSPS) is 14.0. The molecule has 3 aromatic carbocycles. The number of hydrogen-bond donors (Lipinski definition) is 1. The maximum Gasteiger partial charge on any atom is 0.261 e. The van der Waals surface area contributed by atoms with Gasteiger partial charge in [-0.2, -0.15) is 0 Å². The van der Waals surface area contributed by atoms with Crippen molar-refractivity contribution in [3.8, 4) is 5.75 Å². The van der Waals surface area contributed by atoms with Crippen LogP contribution in [0.15, 0.2) is 84.9 Å². The van der Waals surface area contributed by atoms with Crippen LogP contribution in [0.2, 0.25) is 0 Å². The Balaban J connectivity index is 1.27. The highest BCUT2D eigenvalue weighted by molar-refractivity contribution is 7.80. The standard InChI is InChI=1S/C27H29N3O2S/c31-26(24-13-7-8-14-25(24)32-20-15-22-9-3-1-4-10-22)28-27(33)30-18-16-29(17-19-30)21-23-11-5-2-6-12-23/h1-14H,15-21H2,(H,28,31,33). The minimum Gasteiger partial charge on any atom is -0.492 e. The predicted octanol–water partition coefficient (Wildman–Crippen LogP) is 4.14. The van der Waals surface area contributed by atoms with Crippen LogP contribution in [0, 0.1) is 0 Å². The van der Waals surface area contributed by atoms with Crippen molar-refractivity contribution < 1.29 is 9.53 Å². The van der Waals surface area contributed by atoms with Gasteiger partial charge < -0.3 is 9.64 Å². The Bertz CT molecular complexity index is 1050. The van der Waals surface area contributed by atoms with Gasteiger partial charge in [0.2, 0.25) is 0 Å². The molecule has 0 radical (unpaired) electrons. The Morgan fingerprint density at radius 3 is 2.12 bits per heavy atom. The van der Waals surface area contributed by atoms with Gasteiger partial charge >= 0.3 is 0 Å². The number of carbonyl (C=O) groups excluding carboxylic acids is 1. The zero-order valence-electron chi connectivity index (χ0n) is 18.7. The van der Waals surface area contributed by atoms with Gasteiger partial charge in [-0.05, 0) is 35.5 Å². The molecule has 1 heterocycles. The number of carbonyl (C=O) groups is 1. The number of thiocarbonyl (C=S) groups is 1. The van der Waals surface area contributed by atoms with E-state index < -0.39 is 0 Å². The number of ether oxygens (including phenoxy) is 1. The van der Waals surface area contributed by atoms with Crippen molar-refractivity contribution >= 4 is 23.2 Å². The summed E-state index contributed by atoms with van der Waals surface area (Å²) in [5, 5.41) is 3.37. The molecule has 1 aliphatic heterocycles. The van der Waals surface area contributed by atoms with Crippen molar-refractivity contribution in [2.24, 2.45) is 0 Å². The molecule has 0 aliphatic carbocycles. The number of piperazine rings is 1. The second-order valence-electron chi connectivity index (χ2n) is 8.09. The van der Waals surface area contributed by atoms with E-state index in [9.17, 15) is 4.79 Å². The SMILES string of the molecule is O=C(NC(=S)N1CCN(Cc2ccccc2)CC1)c1ccccc1OCCc1ccccc1. The molecule has 0 saturated carbocycles. The predicted molar refractivity (Wildman–Crippen MR) is 135 cm³/mol. The number of hydrogen-bond acceptors (Lipinski definition) is 4. The van der Waals surface area contributed by atoms with Crippen LogP contribution in [0.3, 0.4) is 0 Å². The number of benzene rings is 3. The molecule has 5 nitrogen and oxygen atoms in total. The van der Waals surface area contributed by atoms with Gasteiger partial charge in [0, 0.05) is 39.1 Å². The third-order valence-corrected chi connectivity index (χ3v) is 6.11. The maximum atomic E-state index is 12.9. The summed E-state index contributed by atoms with van der Waals surface area (Å²) in [5.41, 5.74) is 3.01. The van der Waals surface area contributed by atoms with Gasteiger partial charge in [-0.15, -0.1) is 0 Å². The topological polar surface area (TPSA) is 44.8 Å². The van der Waals surface area contributed by atoms with E-state index in [1.54, 1.807) is 6.07 Å². The molecule has 1 N–H and O–H groups in total. The molecular formula is C27H29N3O2S. The lowest BCUT2D eigenvalue weighted by atomic mass is 10.1. The van der Waals surface area contributed by atoms with Crippen LogP contribution in [0.1, 0.15) is 21.5 Å². The van der Waals surface area contributed by atoms with E-state index in [1.165, 1.54) is 11.1 Å². The quantitative estimate of drug-likeness (QED) is 0.538. The second kappa shape index (κ2) is 11.6. The summed E-state index contributed by atoms with van der Waals surface area (Å²) >= 11 is 5.55. The molecule has 0 aromatic heterocycles. The first kappa shape index (κ1) is 23.0. The Morgan fingerprint density at radius 2 is 1.42 bits per heavy atom. The molecule has 0 atom stereocenters. The lowest BCUT2D eigenvalue weighted by Crippen LogP contribution is -2.52. The maximum absolute atomic E-state index is 12.9. The van der Waals surface area contributed by atoms with Crippen molar-refractivity contribution in [1.29, 1.82) is 0 Å². The van der Waals surface area contributed by atoms with E-state index in [-0.39, 0.29) is 5.91 Å². The van der Waals surface area contributed by atoms with Crippen LogP contribution < -0.4 is 10.1 Å². The number of nitrogens with one attached hydrogen (secondary N) is 1. The van der Waals surface area contributed by atoms with Gasteiger partial charge in [-0.1, -0.05) is 72.8 Å². The Kier molecular flexibility index (Phi) is 8.06. The molecule has 170 valence electrons. The van der Waals surface area contributed by atoms with Crippen molar-refractivity contribution in [1.82, 2.24) is 15.1 Å². The summed E-state index contributed by atoms with van der Waals surface area (Å²) < 4.78 is 5.94. The fourth-order valence-corrected chi connectivity index (χ4v) is 4.17. The van der Waals surface area contributed by atoms with E-state index in [4.69, 9.17) is 17.0 Å². The fraction of sp³-hybridized carbons (Fsp3) is 0.259. The highest BCUT2D eigenvalue weighted by Crippen LogP contribution is 2.18. The first-order valence-electron chi connectivity index (χ1n) is 11.3. The molecule has 1 aliphatic rings. The number of rotatable bonds is 7. The minimum atomic E-state index is -0.234. The van der Waals surface area contributed by atoms with Gasteiger partial charge in [-0.25, -0.2) is 0 Å². The fourth-order valence-electron chi connectivity index (χ4n) is 3.90. The molecule has 0 unspecified atom stereocenters. The van der Waals surface area contributed by atoms with Gasteiger partial charge in [-0.3, -0.25) is 15.0 Å². The summed E-state index contributed by atoms with van der Waals surface area (Å²) in [6, 6.07) is 27.9. The minimum absolute atomic E-state index is 0.234. The Morgan fingerprint density at radius 1 is 0.818 bits per heavy atom. The van der Waals surface area contributed by atoms with E-state index in [0.717, 1.165) is 39.1 Å². The monoisotopic (exact) mass is 459 g/mol. The molecule has 4 rings (SSSR count). The van der Waals surface area contributed by atoms with Crippen molar-refractivity contribution in [3.05, 3.63) is 102 Å². The zero-order chi connectivity index (χ0) is 22.9. The largest absolute Gasteiger partial charge is 0.492 e. The van der Waals surface area contributed by atoms with Crippen molar-refractivity contribution in [2.75, 3.05) is 32.8 Å². The second-order valence-corrected chi connectivity index (χ2v) is 8.47. The molecule has 1 saturated heterocycles. The summed E-state index contributed by atoms with van der Waals surface area (Å²) in [5.74, 6) is 0.337. The zero-order valence-corrected chi connectivity index (χ0v) is 19.5. The molecule has 1 fully saturated rings. The van der Waals surface area contributed by atoms with Crippen LogP contribution in [-0.4, -0.2) is 53.6 Å². The van der Waals surface area contributed by atoms with E-state index in [1.807, 2.05) is 42.5 Å². The molecule has 33 heavy (non-hydrogen) atoms. The van der Waals surface area contributed by atoms with Gasteiger partial charge in [0.15, 0.2) is 5.11 Å². The summed E-state index contributed by atoms with van der Waals surface area (Å²) in [6.45, 7) is 4.83. The molecule has 0 bridgehead atoms. The Labute approximate surface area is 201 Å². The first-order chi connectivity index (χ1) is 16.2. The van der Waals surface area contributed by atoms with Gasteiger partial charge in [0.05, 0.1) is 12.2 Å². The summed E-state index contributed by atoms with van der Waals surface area (Å²) in [4.78, 5) is 17.4. The lowest BCUT2D eigenvalue weighted by Gasteiger charge is -2.36. The molecular weight excluding hydrogens is 430 g/mol. The van der Waals surface area contributed by atoms with Crippen LogP contribution in [0.25, 0.3) is 0 Å². The van der Waals surface area contributed by atoms with Crippen LogP contribution in [0.5, 0.6) is 5.75 Å². The van der Waals surface area contributed by atoms with E-state index >= 15 is 0 Å². The molecule has 3 aromatic rings. The van der Waals surface area contributed by atoms with Gasteiger partial charge in [0.25, 0.3) is 5.91 Å². The van der Waals surface area contributed by atoms with Crippen LogP contribution in [-0.2, 0) is 13.0 Å². The number of amides is 1. The summed E-state index contributed by atoms with van der Waals surface area (Å²) in [7, 11) is 0. The summed E-state index contributed by atoms with van der Waals surface area (Å²) in [6.07, 6.45) is 0.780. The van der Waals surface area contributed by atoms with Crippen LogP contribution >= 0.6 is 12.2 Å². The Hall–Kier alpha value is -3.22. The highest BCUT2D eigenvalue weighted by Gasteiger charge is 2.21. The molecule has 1 amide bonds. The average Bonchev–Trinajstić information content (AvgIpc) is 2.86. The lowest BCUT2D eigenvalue weighted by molar-refractivity contribution is 0.0965. The molecule has 6 heteroatoms. The highest BCUT2D eigenvalue weighted by atomic mass is 32.1. The van der Waals surface area contributed by atoms with E-state index in [2.05, 4.69) is 51.5 Å². The number of para-hydroxylation sites is 1. The van der Waals surface area contributed by atoms with Crippen molar-refractivity contribution in [2.45, 2.75) is 13.0 Å². The third-order valence-electron chi connectivity index (χ3n) is 5.75. The third kappa shape index (κ3) is 6.63. The van der Waals surface area contributed by atoms with Crippen LogP contribution in [0.4, 0.5) is 0 Å². The average molecular weight is 460 g/mol. The smallest absolute Gasteiger partial charge is 0.261 e. The molecule has 0 spiro atoms. The van der Waals surface area contributed by atoms with Crippen molar-refractivity contribution in [3.63, 3.8) is 0 Å². The number of nitrogens with zero attached hydrogens (tertiary/aromatic N) is 2. The first-order valence-corrected chi connectivity index (χ1v) is 11.7. The van der Waals surface area contributed by atoms with Gasteiger partial charge in [0.1, 0.15) is 5.75 Å².